The van der Waals surface area contributed by atoms with Crippen molar-refractivity contribution in [3.05, 3.63) is 62.3 Å². The van der Waals surface area contributed by atoms with Gasteiger partial charge in [0.1, 0.15) is 11.4 Å². The number of aromatic nitrogens is 2. The number of anilines is 1. The number of alkyl halides is 3. The quantitative estimate of drug-likeness (QED) is 0.854. The molecular weight excluding hydrogens is 327 g/mol. The topological polar surface area (TPSA) is 73.1 Å². The second kappa shape index (κ2) is 6.34. The summed E-state index contributed by atoms with van der Waals surface area (Å²) in [5.74, 6) is -2.76. The summed E-state index contributed by atoms with van der Waals surface area (Å²) >= 11 is 0. The summed E-state index contributed by atoms with van der Waals surface area (Å²) in [4.78, 5) is 35.6. The minimum absolute atomic E-state index is 0.0411. The van der Waals surface area contributed by atoms with Crippen LogP contribution >= 0.6 is 0 Å². The third-order valence-electron chi connectivity index (χ3n) is 3.45. The molecule has 0 fully saturated rings. The normalized spacial score (nSPS) is 11.4. The van der Waals surface area contributed by atoms with E-state index in [2.05, 4.69) is 5.32 Å². The van der Waals surface area contributed by atoms with Gasteiger partial charge in [0.2, 0.25) is 0 Å². The van der Waals surface area contributed by atoms with Crippen LogP contribution < -0.4 is 16.6 Å². The Kier molecular flexibility index (Phi) is 4.63. The van der Waals surface area contributed by atoms with Crippen molar-refractivity contribution in [2.24, 2.45) is 14.1 Å². The van der Waals surface area contributed by atoms with Gasteiger partial charge in [-0.05, 0) is 5.56 Å². The third kappa shape index (κ3) is 3.24. The van der Waals surface area contributed by atoms with Gasteiger partial charge in [0.25, 0.3) is 11.3 Å². The lowest BCUT2D eigenvalue weighted by Gasteiger charge is -2.17. The molecular formula is C15H14F3N3O3. The summed E-state index contributed by atoms with van der Waals surface area (Å²) in [6.45, 7) is 0.0411. The van der Waals surface area contributed by atoms with Gasteiger partial charge in [-0.15, -0.1) is 0 Å². The summed E-state index contributed by atoms with van der Waals surface area (Å²) in [5.41, 5.74) is -2.54. The molecule has 1 N–H and O–H groups in total. The Balaban J connectivity index is 2.58. The molecule has 1 aromatic carbocycles. The van der Waals surface area contributed by atoms with Crippen LogP contribution in [-0.2, 0) is 20.6 Å². The van der Waals surface area contributed by atoms with Crippen LogP contribution in [0.1, 0.15) is 15.9 Å². The molecule has 0 radical (unpaired) electrons. The number of carbonyl (C=O) groups is 1. The highest BCUT2D eigenvalue weighted by molar-refractivity contribution is 6.03. The van der Waals surface area contributed by atoms with Crippen LogP contribution in [0.25, 0.3) is 0 Å². The zero-order valence-corrected chi connectivity index (χ0v) is 12.8. The average molecular weight is 341 g/mol. The molecule has 1 aromatic heterocycles. The highest BCUT2D eigenvalue weighted by Crippen LogP contribution is 2.23. The van der Waals surface area contributed by atoms with Gasteiger partial charge in [0.15, 0.2) is 0 Å². The number of carbonyl (C=O) groups excluding carboxylic acids is 1. The largest absolute Gasteiger partial charge is 0.455 e. The first-order chi connectivity index (χ1) is 11.1. The molecule has 24 heavy (non-hydrogen) atoms. The molecule has 0 unspecified atom stereocenters. The van der Waals surface area contributed by atoms with Gasteiger partial charge in [-0.3, -0.25) is 18.7 Å². The van der Waals surface area contributed by atoms with E-state index < -0.39 is 34.6 Å². The van der Waals surface area contributed by atoms with E-state index in [0.717, 1.165) is 11.6 Å². The number of rotatable bonds is 4. The summed E-state index contributed by atoms with van der Waals surface area (Å²) < 4.78 is 39.7. The third-order valence-corrected chi connectivity index (χ3v) is 3.45. The van der Waals surface area contributed by atoms with Crippen molar-refractivity contribution < 1.29 is 18.0 Å². The van der Waals surface area contributed by atoms with Gasteiger partial charge >= 0.3 is 11.9 Å². The van der Waals surface area contributed by atoms with Gasteiger partial charge < -0.3 is 5.32 Å². The Labute approximate surface area is 134 Å². The lowest BCUT2D eigenvalue weighted by Crippen LogP contribution is -2.43. The maximum Gasteiger partial charge on any atom is 0.455 e. The van der Waals surface area contributed by atoms with E-state index in [4.69, 9.17) is 0 Å². The van der Waals surface area contributed by atoms with E-state index in [0.29, 0.717) is 10.1 Å². The molecule has 6 nitrogen and oxygen atoms in total. The Bertz CT molecular complexity index is 883. The number of halogens is 3. The van der Waals surface area contributed by atoms with Crippen LogP contribution in [0.3, 0.4) is 0 Å². The lowest BCUT2D eigenvalue weighted by atomic mass is 10.1. The van der Waals surface area contributed by atoms with Crippen LogP contribution in [0.15, 0.2) is 39.9 Å². The number of nitrogens with one attached hydrogen (secondary N) is 1. The van der Waals surface area contributed by atoms with Gasteiger partial charge in [-0.2, -0.15) is 13.2 Å². The number of hydrogen-bond acceptors (Lipinski definition) is 4. The van der Waals surface area contributed by atoms with Crippen molar-refractivity contribution >= 4 is 11.6 Å². The summed E-state index contributed by atoms with van der Waals surface area (Å²) in [7, 11) is 2.20. The summed E-state index contributed by atoms with van der Waals surface area (Å²) in [5, 5.41) is 2.59. The Morgan fingerprint density at radius 3 is 2.21 bits per heavy atom. The molecule has 0 aliphatic carbocycles. The highest BCUT2D eigenvalue weighted by Gasteiger charge is 2.43. The van der Waals surface area contributed by atoms with E-state index in [1.165, 1.54) is 7.05 Å². The molecule has 0 aliphatic rings. The van der Waals surface area contributed by atoms with Crippen LogP contribution in [0, 0.1) is 0 Å². The minimum Gasteiger partial charge on any atom is -0.367 e. The minimum atomic E-state index is -5.23. The molecule has 1 heterocycles. The zero-order chi connectivity index (χ0) is 18.1. The molecule has 0 spiro atoms. The lowest BCUT2D eigenvalue weighted by molar-refractivity contribution is -0.0886. The molecule has 0 saturated heterocycles. The van der Waals surface area contributed by atoms with Gasteiger partial charge in [0, 0.05) is 20.6 Å². The molecule has 128 valence electrons. The van der Waals surface area contributed by atoms with Gasteiger partial charge in [-0.25, -0.2) is 4.79 Å². The van der Waals surface area contributed by atoms with Gasteiger partial charge in [-0.1, -0.05) is 30.3 Å². The number of benzene rings is 1. The maximum atomic E-state index is 12.8. The molecule has 0 atom stereocenters. The molecule has 2 rings (SSSR count). The van der Waals surface area contributed by atoms with Crippen molar-refractivity contribution in [1.82, 2.24) is 9.13 Å². The van der Waals surface area contributed by atoms with Crippen LogP contribution in [-0.4, -0.2) is 21.1 Å². The molecule has 0 saturated carbocycles. The number of Topliss-reactive ketones (excluding diaryl/α,β-unsaturated/α-hetero) is 1. The molecule has 0 bridgehead atoms. The van der Waals surface area contributed by atoms with Crippen LogP contribution in [0.2, 0.25) is 0 Å². The molecule has 0 amide bonds. The molecule has 2 aromatic rings. The van der Waals surface area contributed by atoms with Crippen molar-refractivity contribution in [1.29, 1.82) is 0 Å². The highest BCUT2D eigenvalue weighted by atomic mass is 19.4. The monoisotopic (exact) mass is 341 g/mol. The standard InChI is InChI=1S/C15H14F3N3O3/c1-20-12(19-8-9-6-4-3-5-7-9)10(11(22)15(16,17)18)13(23)21(2)14(20)24/h3-7,19H,8H2,1-2H3. The number of ketones is 1. The van der Waals surface area contributed by atoms with Crippen molar-refractivity contribution in [3.63, 3.8) is 0 Å². The number of nitrogens with zero attached hydrogens (tertiary/aromatic N) is 2. The second-order valence-corrected chi connectivity index (χ2v) is 5.10. The summed E-state index contributed by atoms with van der Waals surface area (Å²) in [6.07, 6.45) is -5.23. The first kappa shape index (κ1) is 17.5. The smallest absolute Gasteiger partial charge is 0.367 e. The fourth-order valence-electron chi connectivity index (χ4n) is 2.18. The Hall–Kier alpha value is -2.84. The average Bonchev–Trinajstić information content (AvgIpc) is 2.54. The van der Waals surface area contributed by atoms with Crippen molar-refractivity contribution in [3.8, 4) is 0 Å². The first-order valence-electron chi connectivity index (χ1n) is 6.84. The van der Waals surface area contributed by atoms with Crippen molar-refractivity contribution in [2.45, 2.75) is 12.7 Å². The Morgan fingerprint density at radius 2 is 1.67 bits per heavy atom. The fourth-order valence-corrected chi connectivity index (χ4v) is 2.18. The zero-order valence-electron chi connectivity index (χ0n) is 12.8. The maximum absolute atomic E-state index is 12.8. The predicted molar refractivity (Wildman–Crippen MR) is 81.1 cm³/mol. The second-order valence-electron chi connectivity index (χ2n) is 5.10. The van der Waals surface area contributed by atoms with E-state index in [1.54, 1.807) is 30.3 Å². The molecule has 9 heteroatoms. The van der Waals surface area contributed by atoms with Crippen molar-refractivity contribution in [2.75, 3.05) is 5.32 Å². The SMILES string of the molecule is Cn1c(NCc2ccccc2)c(C(=O)C(F)(F)F)c(=O)n(C)c1=O. The van der Waals surface area contributed by atoms with E-state index in [9.17, 15) is 27.6 Å². The van der Waals surface area contributed by atoms with Crippen LogP contribution in [0.5, 0.6) is 0 Å². The van der Waals surface area contributed by atoms with Gasteiger partial charge in [0.05, 0.1) is 0 Å². The summed E-state index contributed by atoms with van der Waals surface area (Å²) in [6, 6.07) is 8.62. The van der Waals surface area contributed by atoms with E-state index in [1.807, 2.05) is 0 Å². The van der Waals surface area contributed by atoms with E-state index >= 15 is 0 Å². The molecule has 0 aliphatic heterocycles. The predicted octanol–water partition coefficient (Wildman–Crippen LogP) is 1.44. The first-order valence-corrected chi connectivity index (χ1v) is 6.84. The Morgan fingerprint density at radius 1 is 1.08 bits per heavy atom. The van der Waals surface area contributed by atoms with Crippen LogP contribution in [0.4, 0.5) is 19.0 Å². The van der Waals surface area contributed by atoms with E-state index in [-0.39, 0.29) is 6.54 Å². The number of hydrogen-bond donors (Lipinski definition) is 1. The fraction of sp³-hybridized carbons (Fsp3) is 0.267.